The average Bonchev–Trinajstić information content (AvgIpc) is 3.54. The van der Waals surface area contributed by atoms with Gasteiger partial charge < -0.3 is 35.8 Å². The Morgan fingerprint density at radius 1 is 0.891 bits per heavy atom. The normalized spacial score (nSPS) is 20.8. The van der Waals surface area contributed by atoms with E-state index in [4.69, 9.17) is 15.5 Å². The summed E-state index contributed by atoms with van der Waals surface area (Å²) in [5, 5.41) is 9.11. The second kappa shape index (κ2) is 18.9. The minimum Gasteiger partial charge on any atom is -0.444 e. The lowest BCUT2D eigenvalue weighted by Crippen LogP contribution is -2.54. The van der Waals surface area contributed by atoms with Gasteiger partial charge in [0.05, 0.1) is 17.3 Å². The van der Waals surface area contributed by atoms with Crippen LogP contribution >= 0.6 is 0 Å². The van der Waals surface area contributed by atoms with Crippen molar-refractivity contribution in [3.05, 3.63) is 71.0 Å². The van der Waals surface area contributed by atoms with Crippen molar-refractivity contribution in [1.29, 1.82) is 0 Å². The molecule has 0 saturated carbocycles. The minimum atomic E-state index is -1.04. The van der Waals surface area contributed by atoms with Gasteiger partial charge in [0.15, 0.2) is 11.5 Å². The number of rotatable bonds is 12. The number of hydrogen-bond acceptors (Lipinski definition) is 13. The largest absolute Gasteiger partial charge is 0.444 e. The maximum absolute atomic E-state index is 13.9. The summed E-state index contributed by atoms with van der Waals surface area (Å²) in [6.45, 7) is 11.7. The monoisotopic (exact) mass is 876 g/mol. The standard InChI is InChI=1S/C47H60N10O7/c1-47(2,3)64-46(63)56-24-18-31(19-25-56)32(26-49-35-9-7-8-34-39(35)45(62)57(44(34)61)36-14-15-38(58)53-43(36)60)28-54-22-16-30(17-23-54)29-10-12-33(13-11-29)51-42-40(41(48)59)50-27-37(52-42)55-20-5-4-6-21-55/h7-13,27,30-32,36,49H,4-6,14-26,28H2,1-3H3,(H2,48,59)(H,51,52)(H,53,58,60). The third-order valence-corrected chi connectivity index (χ3v) is 13.3. The van der Waals surface area contributed by atoms with Gasteiger partial charge in [0.2, 0.25) is 11.8 Å². The maximum atomic E-state index is 13.9. The minimum absolute atomic E-state index is 0.0508. The summed E-state index contributed by atoms with van der Waals surface area (Å²) in [5.41, 5.74) is 8.24. The lowest BCUT2D eigenvalue weighted by molar-refractivity contribution is -0.136. The molecule has 5 aliphatic heterocycles. The molecule has 17 heteroatoms. The number of anilines is 4. The number of fused-ring (bicyclic) bond motifs is 1. The van der Waals surface area contributed by atoms with Gasteiger partial charge >= 0.3 is 6.09 Å². The summed E-state index contributed by atoms with van der Waals surface area (Å²) in [4.78, 5) is 93.9. The summed E-state index contributed by atoms with van der Waals surface area (Å²) >= 11 is 0. The van der Waals surface area contributed by atoms with Crippen LogP contribution in [-0.4, -0.2) is 124 Å². The molecule has 6 heterocycles. The molecule has 0 bridgehead atoms. The summed E-state index contributed by atoms with van der Waals surface area (Å²) < 4.78 is 5.68. The topological polar surface area (TPSA) is 213 Å². The van der Waals surface area contributed by atoms with Crippen LogP contribution in [0.15, 0.2) is 48.7 Å². The van der Waals surface area contributed by atoms with Gasteiger partial charge in [-0.1, -0.05) is 18.2 Å². The molecule has 4 saturated heterocycles. The molecule has 1 aromatic heterocycles. The lowest BCUT2D eigenvalue weighted by atomic mass is 9.82. The molecule has 2 aromatic carbocycles. The zero-order valence-corrected chi connectivity index (χ0v) is 37.1. The van der Waals surface area contributed by atoms with Crippen LogP contribution in [0.1, 0.15) is 121 Å². The van der Waals surface area contributed by atoms with E-state index in [1.165, 1.54) is 12.0 Å². The van der Waals surface area contributed by atoms with Gasteiger partial charge in [0.1, 0.15) is 17.5 Å². The van der Waals surface area contributed by atoms with Crippen molar-refractivity contribution in [3.63, 3.8) is 0 Å². The Morgan fingerprint density at radius 2 is 1.61 bits per heavy atom. The first kappa shape index (κ1) is 44.5. The van der Waals surface area contributed by atoms with E-state index in [-0.39, 0.29) is 47.6 Å². The quantitative estimate of drug-likeness (QED) is 0.171. The highest BCUT2D eigenvalue weighted by Crippen LogP contribution is 2.36. The third kappa shape index (κ3) is 9.98. The molecule has 4 fully saturated rings. The molecular formula is C47H60N10O7. The fraction of sp³-hybridized carbons (Fsp3) is 0.532. The predicted molar refractivity (Wildman–Crippen MR) is 240 cm³/mol. The van der Waals surface area contributed by atoms with Gasteiger partial charge in [-0.05, 0) is 133 Å². The van der Waals surface area contributed by atoms with Crippen LogP contribution in [0, 0.1) is 11.8 Å². The zero-order valence-electron chi connectivity index (χ0n) is 37.1. The SMILES string of the molecule is CC(C)(C)OC(=O)N1CCC(C(CNc2cccc3c2C(=O)N(C2CCC(=O)NC2=O)C3=O)CN2CCC(c3ccc(Nc4nc(N5CCCCC5)cnc4C(N)=O)cc3)CC2)CC1. The first-order valence-corrected chi connectivity index (χ1v) is 22.8. The lowest BCUT2D eigenvalue weighted by Gasteiger charge is -2.40. The molecule has 64 heavy (non-hydrogen) atoms. The molecule has 0 radical (unpaired) electrons. The number of likely N-dealkylation sites (tertiary alicyclic amines) is 2. The van der Waals surface area contributed by atoms with E-state index in [1.54, 1.807) is 29.3 Å². The van der Waals surface area contributed by atoms with Crippen LogP contribution in [0.5, 0.6) is 0 Å². The number of primary amides is 1. The van der Waals surface area contributed by atoms with Gasteiger partial charge in [0, 0.05) is 57.1 Å². The van der Waals surface area contributed by atoms with E-state index in [0.717, 1.165) is 87.7 Å². The van der Waals surface area contributed by atoms with Crippen LogP contribution in [0.25, 0.3) is 0 Å². The Kier molecular flexibility index (Phi) is 13.2. The molecular weight excluding hydrogens is 817 g/mol. The molecule has 17 nitrogen and oxygen atoms in total. The molecule has 3 aromatic rings. The number of hydrogen-bond donors (Lipinski definition) is 4. The maximum Gasteiger partial charge on any atom is 0.410 e. The number of ether oxygens (including phenoxy) is 1. The Morgan fingerprint density at radius 3 is 2.28 bits per heavy atom. The smallest absolute Gasteiger partial charge is 0.410 e. The van der Waals surface area contributed by atoms with E-state index in [1.807, 2.05) is 32.9 Å². The van der Waals surface area contributed by atoms with Gasteiger partial charge in [0.25, 0.3) is 17.7 Å². The van der Waals surface area contributed by atoms with E-state index in [0.29, 0.717) is 37.1 Å². The number of benzene rings is 2. The van der Waals surface area contributed by atoms with Crippen molar-refractivity contribution < 1.29 is 33.5 Å². The number of carbonyl (C=O) groups excluding carboxylic acids is 6. The van der Waals surface area contributed by atoms with Crippen LogP contribution < -0.4 is 26.6 Å². The van der Waals surface area contributed by atoms with E-state index < -0.39 is 41.2 Å². The van der Waals surface area contributed by atoms with Crippen LogP contribution in [0.3, 0.4) is 0 Å². The van der Waals surface area contributed by atoms with Crippen molar-refractivity contribution in [2.75, 3.05) is 67.9 Å². The summed E-state index contributed by atoms with van der Waals surface area (Å²) in [7, 11) is 0. The Bertz CT molecular complexity index is 2260. The highest BCUT2D eigenvalue weighted by Gasteiger charge is 2.46. The van der Waals surface area contributed by atoms with E-state index >= 15 is 0 Å². The average molecular weight is 877 g/mol. The molecule has 0 spiro atoms. The highest BCUT2D eigenvalue weighted by atomic mass is 16.6. The van der Waals surface area contributed by atoms with Crippen molar-refractivity contribution in [3.8, 4) is 0 Å². The fourth-order valence-corrected chi connectivity index (χ4v) is 9.84. The predicted octanol–water partition coefficient (Wildman–Crippen LogP) is 5.27. The van der Waals surface area contributed by atoms with Crippen molar-refractivity contribution in [2.45, 2.75) is 96.1 Å². The van der Waals surface area contributed by atoms with Gasteiger partial charge in [-0.25, -0.2) is 14.8 Å². The second-order valence-corrected chi connectivity index (χ2v) is 18.8. The number of nitrogens with two attached hydrogens (primary N) is 1. The highest BCUT2D eigenvalue weighted by molar-refractivity contribution is 6.25. The first-order valence-electron chi connectivity index (χ1n) is 22.8. The number of nitrogens with one attached hydrogen (secondary N) is 3. The fourth-order valence-electron chi connectivity index (χ4n) is 9.84. The molecule has 2 atom stereocenters. The van der Waals surface area contributed by atoms with Crippen molar-refractivity contribution >= 4 is 58.6 Å². The number of amides is 6. The second-order valence-electron chi connectivity index (χ2n) is 18.8. The van der Waals surface area contributed by atoms with Gasteiger partial charge in [-0.2, -0.15) is 0 Å². The molecule has 340 valence electrons. The first-order chi connectivity index (χ1) is 30.7. The Hall–Kier alpha value is -6.10. The number of aromatic nitrogens is 2. The van der Waals surface area contributed by atoms with E-state index in [9.17, 15) is 28.8 Å². The summed E-state index contributed by atoms with van der Waals surface area (Å²) in [6, 6.07) is 12.4. The van der Waals surface area contributed by atoms with Crippen molar-refractivity contribution in [2.24, 2.45) is 17.6 Å². The van der Waals surface area contributed by atoms with Gasteiger partial charge in [-0.15, -0.1) is 0 Å². The van der Waals surface area contributed by atoms with E-state index in [2.05, 4.69) is 42.9 Å². The number of imide groups is 2. The number of nitrogens with zero attached hydrogens (tertiary/aromatic N) is 6. The molecule has 2 unspecified atom stereocenters. The number of carbonyl (C=O) groups is 6. The third-order valence-electron chi connectivity index (χ3n) is 13.3. The van der Waals surface area contributed by atoms with Crippen LogP contribution in [0.4, 0.5) is 27.8 Å². The summed E-state index contributed by atoms with van der Waals surface area (Å²) in [5.74, 6) is -0.910. The Labute approximate surface area is 373 Å². The van der Waals surface area contributed by atoms with Crippen LogP contribution in [0.2, 0.25) is 0 Å². The molecule has 8 rings (SSSR count). The molecule has 0 aliphatic carbocycles. The Balaban J connectivity index is 0.923. The van der Waals surface area contributed by atoms with Gasteiger partial charge in [-0.3, -0.25) is 34.2 Å². The van der Waals surface area contributed by atoms with Crippen molar-refractivity contribution in [1.82, 2.24) is 30.0 Å². The summed E-state index contributed by atoms with van der Waals surface area (Å²) in [6.07, 6.45) is 8.37. The molecule has 5 N–H and O–H groups in total. The molecule has 5 aliphatic rings. The number of piperidine rings is 4. The van der Waals surface area contributed by atoms with Crippen LogP contribution in [-0.2, 0) is 14.3 Å². The zero-order chi connectivity index (χ0) is 45.1. The molecule has 6 amide bonds.